The van der Waals surface area contributed by atoms with Crippen LogP contribution < -0.4 is 4.74 Å². The minimum atomic E-state index is -1.20. The predicted octanol–water partition coefficient (Wildman–Crippen LogP) is 4.86. The van der Waals surface area contributed by atoms with Gasteiger partial charge in [0.05, 0.1) is 0 Å². The molecule has 0 aliphatic heterocycles. The number of rotatable bonds is 5. The molecule has 2 nitrogen and oxygen atoms in total. The minimum Gasteiger partial charge on any atom is -0.457 e. The summed E-state index contributed by atoms with van der Waals surface area (Å²) in [6.07, 6.45) is 6.82. The number of halogens is 1. The number of aliphatic hydroxyl groups is 1. The van der Waals surface area contributed by atoms with Gasteiger partial charge in [0.1, 0.15) is 11.5 Å². The Balaban J connectivity index is 2.15. The Hall–Kier alpha value is -1.76. The Morgan fingerprint density at radius 2 is 1.62 bits per heavy atom. The van der Waals surface area contributed by atoms with Crippen molar-refractivity contribution < 1.29 is 9.84 Å². The maximum Gasteiger partial charge on any atom is 0.150 e. The quantitative estimate of drug-likeness (QED) is 0.784. The van der Waals surface area contributed by atoms with Crippen LogP contribution in [0.15, 0.2) is 53.0 Å². The fraction of sp³-hybridized carbons (Fsp3) is 0.222. The van der Waals surface area contributed by atoms with Crippen molar-refractivity contribution in [2.45, 2.75) is 25.4 Å². The van der Waals surface area contributed by atoms with Gasteiger partial charge in [0.15, 0.2) is 5.60 Å². The third-order valence-corrected chi connectivity index (χ3v) is 3.76. The average molecular weight is 345 g/mol. The van der Waals surface area contributed by atoms with Gasteiger partial charge in [-0.3, -0.25) is 0 Å². The minimum absolute atomic E-state index is 0.538. The SMILES string of the molecule is C#CC(O)(CCC)c1ccc(Oc2ccc(Br)cc2)cc1. The molecule has 1 atom stereocenters. The Morgan fingerprint density at radius 1 is 1.10 bits per heavy atom. The Bertz CT molecular complexity index is 626. The third kappa shape index (κ3) is 3.87. The van der Waals surface area contributed by atoms with E-state index >= 15 is 0 Å². The molecule has 0 aromatic heterocycles. The molecular weight excluding hydrogens is 328 g/mol. The van der Waals surface area contributed by atoms with E-state index in [2.05, 4.69) is 21.9 Å². The van der Waals surface area contributed by atoms with Crippen LogP contribution in [0.1, 0.15) is 25.3 Å². The topological polar surface area (TPSA) is 29.5 Å². The molecule has 2 aromatic rings. The summed E-state index contributed by atoms with van der Waals surface area (Å²) in [7, 11) is 0. The smallest absolute Gasteiger partial charge is 0.150 e. The summed E-state index contributed by atoms with van der Waals surface area (Å²) in [5.41, 5.74) is -0.486. The van der Waals surface area contributed by atoms with Crippen LogP contribution in [0.3, 0.4) is 0 Å². The van der Waals surface area contributed by atoms with Gasteiger partial charge in [-0.2, -0.15) is 0 Å². The molecule has 0 aliphatic rings. The van der Waals surface area contributed by atoms with Crippen molar-refractivity contribution in [1.29, 1.82) is 0 Å². The zero-order valence-electron chi connectivity index (χ0n) is 11.8. The van der Waals surface area contributed by atoms with Crippen LogP contribution in [-0.2, 0) is 5.60 Å². The van der Waals surface area contributed by atoms with Crippen molar-refractivity contribution in [3.05, 3.63) is 58.6 Å². The van der Waals surface area contributed by atoms with Crippen LogP contribution in [0.25, 0.3) is 0 Å². The summed E-state index contributed by atoms with van der Waals surface area (Å²) >= 11 is 3.38. The maximum absolute atomic E-state index is 10.4. The molecule has 0 radical (unpaired) electrons. The Morgan fingerprint density at radius 3 is 2.10 bits per heavy atom. The van der Waals surface area contributed by atoms with E-state index < -0.39 is 5.60 Å². The van der Waals surface area contributed by atoms with E-state index in [-0.39, 0.29) is 0 Å². The molecule has 3 heteroatoms. The summed E-state index contributed by atoms with van der Waals surface area (Å²) in [5, 5.41) is 10.4. The second-order valence-corrected chi connectivity index (χ2v) is 5.75. The van der Waals surface area contributed by atoms with Gasteiger partial charge < -0.3 is 9.84 Å². The lowest BCUT2D eigenvalue weighted by Crippen LogP contribution is -2.22. The van der Waals surface area contributed by atoms with Gasteiger partial charge in [-0.25, -0.2) is 0 Å². The molecule has 0 aliphatic carbocycles. The number of benzene rings is 2. The lowest BCUT2D eigenvalue weighted by Gasteiger charge is -2.22. The van der Waals surface area contributed by atoms with E-state index in [0.29, 0.717) is 12.2 Å². The summed E-state index contributed by atoms with van der Waals surface area (Å²) in [6.45, 7) is 1.99. The third-order valence-electron chi connectivity index (χ3n) is 3.23. The van der Waals surface area contributed by atoms with Gasteiger partial charge in [-0.15, -0.1) is 6.42 Å². The second-order valence-electron chi connectivity index (χ2n) is 4.83. The Labute approximate surface area is 133 Å². The molecule has 0 saturated heterocycles. The lowest BCUT2D eigenvalue weighted by molar-refractivity contribution is 0.0895. The number of ether oxygens (including phenoxy) is 1. The highest BCUT2D eigenvalue weighted by molar-refractivity contribution is 9.10. The number of terminal acetylenes is 1. The highest BCUT2D eigenvalue weighted by Crippen LogP contribution is 2.29. The zero-order chi connectivity index (χ0) is 15.3. The molecule has 1 N–H and O–H groups in total. The van der Waals surface area contributed by atoms with Gasteiger partial charge >= 0.3 is 0 Å². The van der Waals surface area contributed by atoms with E-state index in [1.165, 1.54) is 0 Å². The Kier molecular flexibility index (Phi) is 5.06. The van der Waals surface area contributed by atoms with Crippen molar-refractivity contribution in [1.82, 2.24) is 0 Å². The maximum atomic E-state index is 10.4. The van der Waals surface area contributed by atoms with E-state index in [0.717, 1.165) is 22.2 Å². The molecule has 0 heterocycles. The first-order valence-electron chi connectivity index (χ1n) is 6.81. The van der Waals surface area contributed by atoms with E-state index in [9.17, 15) is 5.11 Å². The number of hydrogen-bond acceptors (Lipinski definition) is 2. The molecule has 0 saturated carbocycles. The molecule has 0 spiro atoms. The van der Waals surface area contributed by atoms with Gasteiger partial charge in [-0.05, 0) is 48.4 Å². The molecule has 0 amide bonds. The van der Waals surface area contributed by atoms with E-state index in [1.54, 1.807) is 0 Å². The van der Waals surface area contributed by atoms with Crippen molar-refractivity contribution in [2.75, 3.05) is 0 Å². The van der Waals surface area contributed by atoms with Gasteiger partial charge in [-0.1, -0.05) is 47.3 Å². The highest BCUT2D eigenvalue weighted by atomic mass is 79.9. The molecular formula is C18H17BrO2. The van der Waals surface area contributed by atoms with Gasteiger partial charge in [0, 0.05) is 4.47 Å². The van der Waals surface area contributed by atoms with E-state index in [1.807, 2.05) is 55.5 Å². The molecule has 0 bridgehead atoms. The highest BCUT2D eigenvalue weighted by Gasteiger charge is 2.25. The normalized spacial score (nSPS) is 13.2. The van der Waals surface area contributed by atoms with Crippen molar-refractivity contribution in [3.8, 4) is 23.8 Å². The average Bonchev–Trinajstić information content (AvgIpc) is 2.50. The summed E-state index contributed by atoms with van der Waals surface area (Å²) < 4.78 is 6.74. The van der Waals surface area contributed by atoms with Crippen LogP contribution in [0.5, 0.6) is 11.5 Å². The molecule has 0 fully saturated rings. The first kappa shape index (κ1) is 15.6. The summed E-state index contributed by atoms with van der Waals surface area (Å²) in [5.74, 6) is 3.94. The second kappa shape index (κ2) is 6.80. The molecule has 21 heavy (non-hydrogen) atoms. The molecule has 1 unspecified atom stereocenters. The first-order valence-corrected chi connectivity index (χ1v) is 7.61. The van der Waals surface area contributed by atoms with Crippen LogP contribution >= 0.6 is 15.9 Å². The van der Waals surface area contributed by atoms with Gasteiger partial charge in [0.2, 0.25) is 0 Å². The van der Waals surface area contributed by atoms with Crippen molar-refractivity contribution in [3.63, 3.8) is 0 Å². The monoisotopic (exact) mass is 344 g/mol. The van der Waals surface area contributed by atoms with E-state index in [4.69, 9.17) is 11.2 Å². The van der Waals surface area contributed by atoms with Crippen LogP contribution in [0.2, 0.25) is 0 Å². The van der Waals surface area contributed by atoms with Crippen molar-refractivity contribution >= 4 is 15.9 Å². The summed E-state index contributed by atoms with van der Waals surface area (Å²) in [6, 6.07) is 14.8. The largest absolute Gasteiger partial charge is 0.457 e. The predicted molar refractivity (Wildman–Crippen MR) is 88.3 cm³/mol. The molecule has 108 valence electrons. The standard InChI is InChI=1S/C18H17BrO2/c1-3-13-18(20,4-2)14-5-9-16(10-6-14)21-17-11-7-15(19)8-12-17/h2,5-12,20H,3,13H2,1H3. The van der Waals surface area contributed by atoms with Crippen molar-refractivity contribution in [2.24, 2.45) is 0 Å². The van der Waals surface area contributed by atoms with Crippen LogP contribution in [-0.4, -0.2) is 5.11 Å². The molecule has 2 rings (SSSR count). The zero-order valence-corrected chi connectivity index (χ0v) is 13.4. The van der Waals surface area contributed by atoms with Crippen LogP contribution in [0.4, 0.5) is 0 Å². The number of hydrogen-bond donors (Lipinski definition) is 1. The fourth-order valence-electron chi connectivity index (χ4n) is 2.10. The molecule has 2 aromatic carbocycles. The van der Waals surface area contributed by atoms with Crippen LogP contribution in [0, 0.1) is 12.3 Å². The lowest BCUT2D eigenvalue weighted by atomic mass is 9.90. The van der Waals surface area contributed by atoms with Gasteiger partial charge in [0.25, 0.3) is 0 Å². The first-order chi connectivity index (χ1) is 10.1. The fourth-order valence-corrected chi connectivity index (χ4v) is 2.36. The summed E-state index contributed by atoms with van der Waals surface area (Å²) in [4.78, 5) is 0.